The standard InChI is InChI=1S/C15H24ClN3O/c1-2-5-17-11-13-10-14(16)15(18-12-13)20-9-8-19-6-3-4-7-19/h10,12,17H,2-9,11H2,1H3. The maximum atomic E-state index is 6.21. The summed E-state index contributed by atoms with van der Waals surface area (Å²) < 4.78 is 5.67. The highest BCUT2D eigenvalue weighted by Crippen LogP contribution is 2.22. The number of aromatic nitrogens is 1. The Kier molecular flexibility index (Phi) is 6.57. The second-order valence-electron chi connectivity index (χ2n) is 5.20. The van der Waals surface area contributed by atoms with Crippen molar-refractivity contribution in [2.75, 3.05) is 32.8 Å². The van der Waals surface area contributed by atoms with E-state index in [1.54, 1.807) is 0 Å². The molecule has 0 aromatic carbocycles. The van der Waals surface area contributed by atoms with Crippen LogP contribution in [0.25, 0.3) is 0 Å². The summed E-state index contributed by atoms with van der Waals surface area (Å²) in [7, 11) is 0. The Morgan fingerprint density at radius 1 is 1.40 bits per heavy atom. The normalized spacial score (nSPS) is 15.7. The molecule has 1 fully saturated rings. The van der Waals surface area contributed by atoms with E-state index in [2.05, 4.69) is 22.1 Å². The van der Waals surface area contributed by atoms with Crippen molar-refractivity contribution in [3.8, 4) is 5.88 Å². The fourth-order valence-corrected chi connectivity index (χ4v) is 2.60. The first-order valence-corrected chi connectivity index (χ1v) is 7.87. The van der Waals surface area contributed by atoms with Crippen LogP contribution in [0, 0.1) is 0 Å². The first-order valence-electron chi connectivity index (χ1n) is 7.50. The highest BCUT2D eigenvalue weighted by atomic mass is 35.5. The van der Waals surface area contributed by atoms with Crippen molar-refractivity contribution in [1.82, 2.24) is 15.2 Å². The van der Waals surface area contributed by atoms with Crippen LogP contribution in [0.4, 0.5) is 0 Å². The summed E-state index contributed by atoms with van der Waals surface area (Å²) in [5.74, 6) is 0.546. The van der Waals surface area contributed by atoms with Crippen molar-refractivity contribution in [2.24, 2.45) is 0 Å². The molecule has 0 atom stereocenters. The minimum absolute atomic E-state index is 0.546. The third-order valence-electron chi connectivity index (χ3n) is 3.46. The zero-order valence-corrected chi connectivity index (χ0v) is 13.0. The van der Waals surface area contributed by atoms with Gasteiger partial charge in [-0.3, -0.25) is 4.90 Å². The van der Waals surface area contributed by atoms with Gasteiger partial charge >= 0.3 is 0 Å². The molecule has 0 spiro atoms. The van der Waals surface area contributed by atoms with E-state index >= 15 is 0 Å². The van der Waals surface area contributed by atoms with Gasteiger partial charge in [-0.05, 0) is 50.5 Å². The van der Waals surface area contributed by atoms with Gasteiger partial charge in [0.2, 0.25) is 5.88 Å². The molecule has 1 aliphatic heterocycles. The van der Waals surface area contributed by atoms with Crippen LogP contribution in [0.15, 0.2) is 12.3 Å². The smallest absolute Gasteiger partial charge is 0.232 e. The van der Waals surface area contributed by atoms with Crippen LogP contribution in [-0.2, 0) is 6.54 Å². The highest BCUT2D eigenvalue weighted by Gasteiger charge is 2.11. The van der Waals surface area contributed by atoms with Crippen molar-refractivity contribution in [2.45, 2.75) is 32.7 Å². The lowest BCUT2D eigenvalue weighted by atomic mass is 10.3. The van der Waals surface area contributed by atoms with Gasteiger partial charge in [-0.1, -0.05) is 18.5 Å². The molecule has 0 aliphatic carbocycles. The van der Waals surface area contributed by atoms with Crippen molar-refractivity contribution in [1.29, 1.82) is 0 Å². The Hall–Kier alpha value is -0.840. The number of nitrogens with one attached hydrogen (secondary N) is 1. The predicted octanol–water partition coefficient (Wildman–Crippen LogP) is 2.71. The van der Waals surface area contributed by atoms with Gasteiger partial charge in [0.05, 0.1) is 0 Å². The first-order chi connectivity index (χ1) is 9.79. The van der Waals surface area contributed by atoms with Crippen LogP contribution in [0.2, 0.25) is 5.02 Å². The number of halogens is 1. The van der Waals surface area contributed by atoms with E-state index in [1.807, 2.05) is 12.3 Å². The second-order valence-corrected chi connectivity index (χ2v) is 5.61. The maximum Gasteiger partial charge on any atom is 0.232 e. The van der Waals surface area contributed by atoms with E-state index in [4.69, 9.17) is 16.3 Å². The van der Waals surface area contributed by atoms with Crippen LogP contribution >= 0.6 is 11.6 Å². The minimum atomic E-state index is 0.546. The summed E-state index contributed by atoms with van der Waals surface area (Å²) >= 11 is 6.21. The quantitative estimate of drug-likeness (QED) is 0.749. The molecule has 0 bridgehead atoms. The molecule has 0 saturated carbocycles. The van der Waals surface area contributed by atoms with E-state index in [0.717, 1.165) is 31.6 Å². The topological polar surface area (TPSA) is 37.4 Å². The average molecular weight is 298 g/mol. The number of hydrogen-bond acceptors (Lipinski definition) is 4. The largest absolute Gasteiger partial charge is 0.475 e. The lowest BCUT2D eigenvalue weighted by Gasteiger charge is -2.15. The van der Waals surface area contributed by atoms with Crippen LogP contribution in [0.3, 0.4) is 0 Å². The molecule has 1 saturated heterocycles. The lowest BCUT2D eigenvalue weighted by Crippen LogP contribution is -2.25. The fourth-order valence-electron chi connectivity index (χ4n) is 2.36. The molecule has 112 valence electrons. The number of likely N-dealkylation sites (tertiary alicyclic amines) is 1. The Morgan fingerprint density at radius 2 is 2.20 bits per heavy atom. The number of pyridine rings is 1. The van der Waals surface area contributed by atoms with Crippen molar-refractivity contribution >= 4 is 11.6 Å². The van der Waals surface area contributed by atoms with Crippen molar-refractivity contribution in [3.63, 3.8) is 0 Å². The van der Waals surface area contributed by atoms with Crippen LogP contribution in [0.1, 0.15) is 31.7 Å². The molecule has 2 heterocycles. The summed E-state index contributed by atoms with van der Waals surface area (Å²) in [6.07, 6.45) is 5.56. The Morgan fingerprint density at radius 3 is 2.90 bits per heavy atom. The molecular weight excluding hydrogens is 274 g/mol. The summed E-state index contributed by atoms with van der Waals surface area (Å²) in [5, 5.41) is 3.93. The van der Waals surface area contributed by atoms with Gasteiger partial charge in [-0.25, -0.2) is 4.98 Å². The lowest BCUT2D eigenvalue weighted by molar-refractivity contribution is 0.232. The zero-order chi connectivity index (χ0) is 14.2. The van der Waals surface area contributed by atoms with Crippen LogP contribution < -0.4 is 10.1 Å². The molecule has 2 rings (SSSR count). The zero-order valence-electron chi connectivity index (χ0n) is 12.2. The molecular formula is C15H24ClN3O. The third kappa shape index (κ3) is 4.93. The molecule has 0 radical (unpaired) electrons. The van der Waals surface area contributed by atoms with Crippen molar-refractivity contribution < 1.29 is 4.74 Å². The minimum Gasteiger partial charge on any atom is -0.475 e. The molecule has 0 unspecified atom stereocenters. The molecule has 4 nitrogen and oxygen atoms in total. The molecule has 0 amide bonds. The Labute approximate surface area is 126 Å². The first kappa shape index (κ1) is 15.5. The number of ether oxygens (including phenoxy) is 1. The number of hydrogen-bond donors (Lipinski definition) is 1. The van der Waals surface area contributed by atoms with Gasteiger partial charge in [0, 0.05) is 19.3 Å². The molecule has 20 heavy (non-hydrogen) atoms. The Bertz CT molecular complexity index is 408. The van der Waals surface area contributed by atoms with Gasteiger partial charge in [0.1, 0.15) is 11.6 Å². The SMILES string of the molecule is CCCNCc1cnc(OCCN2CCCC2)c(Cl)c1. The molecule has 1 aromatic heterocycles. The molecule has 5 heteroatoms. The molecule has 1 N–H and O–H groups in total. The highest BCUT2D eigenvalue weighted by molar-refractivity contribution is 6.31. The summed E-state index contributed by atoms with van der Waals surface area (Å²) in [4.78, 5) is 6.72. The van der Waals surface area contributed by atoms with Gasteiger partial charge in [0.25, 0.3) is 0 Å². The van der Waals surface area contributed by atoms with Gasteiger partial charge in [-0.15, -0.1) is 0 Å². The van der Waals surface area contributed by atoms with E-state index in [9.17, 15) is 0 Å². The van der Waals surface area contributed by atoms with E-state index in [0.29, 0.717) is 17.5 Å². The second kappa shape index (κ2) is 8.45. The predicted molar refractivity (Wildman–Crippen MR) is 82.4 cm³/mol. The summed E-state index contributed by atoms with van der Waals surface area (Å²) in [6, 6.07) is 1.93. The van der Waals surface area contributed by atoms with E-state index in [-0.39, 0.29) is 0 Å². The maximum absolute atomic E-state index is 6.21. The van der Waals surface area contributed by atoms with Gasteiger partial charge in [0.15, 0.2) is 0 Å². The van der Waals surface area contributed by atoms with E-state index in [1.165, 1.54) is 25.9 Å². The molecule has 1 aliphatic rings. The molecule has 1 aromatic rings. The monoisotopic (exact) mass is 297 g/mol. The number of nitrogens with zero attached hydrogens (tertiary/aromatic N) is 2. The Balaban J connectivity index is 1.76. The van der Waals surface area contributed by atoms with Gasteiger partial charge in [-0.2, -0.15) is 0 Å². The van der Waals surface area contributed by atoms with Crippen LogP contribution in [0.5, 0.6) is 5.88 Å². The average Bonchev–Trinajstić information content (AvgIpc) is 2.95. The summed E-state index contributed by atoms with van der Waals surface area (Å²) in [5.41, 5.74) is 1.09. The van der Waals surface area contributed by atoms with Crippen molar-refractivity contribution in [3.05, 3.63) is 22.8 Å². The van der Waals surface area contributed by atoms with Gasteiger partial charge < -0.3 is 10.1 Å². The third-order valence-corrected chi connectivity index (χ3v) is 3.74. The van der Waals surface area contributed by atoms with E-state index < -0.39 is 0 Å². The number of rotatable bonds is 8. The fraction of sp³-hybridized carbons (Fsp3) is 0.667. The van der Waals surface area contributed by atoms with Crippen LogP contribution in [-0.4, -0.2) is 42.7 Å². The summed E-state index contributed by atoms with van der Waals surface area (Å²) in [6.45, 7) is 7.94.